The maximum atomic E-state index is 5.77. The molecule has 1 aromatic heterocycles. The Morgan fingerprint density at radius 1 is 1.47 bits per heavy atom. The number of nitrogens with one attached hydrogen (secondary N) is 1. The summed E-state index contributed by atoms with van der Waals surface area (Å²) >= 11 is 0. The van der Waals surface area contributed by atoms with E-state index in [-0.39, 0.29) is 0 Å². The Morgan fingerprint density at radius 3 is 2.67 bits per heavy atom. The summed E-state index contributed by atoms with van der Waals surface area (Å²) in [5, 5.41) is 3.11. The summed E-state index contributed by atoms with van der Waals surface area (Å²) in [5.74, 6) is 2.10. The average molecular weight is 210 g/mol. The van der Waals surface area contributed by atoms with Crippen molar-refractivity contribution in [3.63, 3.8) is 0 Å². The van der Waals surface area contributed by atoms with Crippen LogP contribution in [0, 0.1) is 6.92 Å². The topological polar surface area (TPSA) is 28.4 Å². The molecule has 3 nitrogen and oxygen atoms in total. The number of rotatable bonds is 5. The third-order valence-electron chi connectivity index (χ3n) is 2.70. The molecular formula is C12H22N2O. The SMILES string of the molecule is CNCc1oc(CN(C)C(C)C)cc1C. The van der Waals surface area contributed by atoms with Gasteiger partial charge in [0.15, 0.2) is 0 Å². The fraction of sp³-hybridized carbons (Fsp3) is 0.667. The van der Waals surface area contributed by atoms with E-state index < -0.39 is 0 Å². The van der Waals surface area contributed by atoms with Crippen LogP contribution in [0.1, 0.15) is 30.9 Å². The molecule has 0 fully saturated rings. The first-order valence-corrected chi connectivity index (χ1v) is 5.47. The summed E-state index contributed by atoms with van der Waals surface area (Å²) in [6.07, 6.45) is 0. The van der Waals surface area contributed by atoms with Gasteiger partial charge in [-0.05, 0) is 46.5 Å². The van der Waals surface area contributed by atoms with E-state index in [1.165, 1.54) is 5.56 Å². The predicted octanol–water partition coefficient (Wildman–Crippen LogP) is 2.15. The molecule has 0 spiro atoms. The van der Waals surface area contributed by atoms with Crippen LogP contribution in [0.15, 0.2) is 10.5 Å². The second-order valence-electron chi connectivity index (χ2n) is 4.36. The number of nitrogens with zero attached hydrogens (tertiary/aromatic N) is 1. The minimum atomic E-state index is 0.545. The van der Waals surface area contributed by atoms with Crippen molar-refractivity contribution in [2.75, 3.05) is 14.1 Å². The standard InChI is InChI=1S/C12H22N2O/c1-9(2)14(5)8-11-6-10(3)12(15-11)7-13-4/h6,9,13H,7-8H2,1-5H3. The molecule has 0 aliphatic rings. The lowest BCUT2D eigenvalue weighted by Gasteiger charge is -2.19. The largest absolute Gasteiger partial charge is 0.463 e. The molecule has 0 aliphatic heterocycles. The number of furan rings is 1. The van der Waals surface area contributed by atoms with Crippen molar-refractivity contribution in [3.05, 3.63) is 23.2 Å². The van der Waals surface area contributed by atoms with Crippen LogP contribution in [0.4, 0.5) is 0 Å². The Balaban J connectivity index is 2.66. The van der Waals surface area contributed by atoms with E-state index in [9.17, 15) is 0 Å². The lowest BCUT2D eigenvalue weighted by Crippen LogP contribution is -2.25. The third kappa shape index (κ3) is 3.36. The molecule has 0 aliphatic carbocycles. The van der Waals surface area contributed by atoms with Gasteiger partial charge in [0.25, 0.3) is 0 Å². The molecule has 86 valence electrons. The minimum absolute atomic E-state index is 0.545. The van der Waals surface area contributed by atoms with Crippen LogP contribution < -0.4 is 5.32 Å². The highest BCUT2D eigenvalue weighted by molar-refractivity contribution is 5.19. The van der Waals surface area contributed by atoms with Crippen molar-refractivity contribution in [1.29, 1.82) is 0 Å². The highest BCUT2D eigenvalue weighted by Crippen LogP contribution is 2.16. The van der Waals surface area contributed by atoms with Crippen molar-refractivity contribution in [2.24, 2.45) is 0 Å². The summed E-state index contributed by atoms with van der Waals surface area (Å²) in [6, 6.07) is 2.68. The van der Waals surface area contributed by atoms with Gasteiger partial charge < -0.3 is 9.73 Å². The van der Waals surface area contributed by atoms with Crippen LogP contribution in [0.25, 0.3) is 0 Å². The van der Waals surface area contributed by atoms with Gasteiger partial charge in [-0.2, -0.15) is 0 Å². The average Bonchev–Trinajstić information content (AvgIpc) is 2.47. The first kappa shape index (κ1) is 12.3. The first-order valence-electron chi connectivity index (χ1n) is 5.47. The zero-order chi connectivity index (χ0) is 11.4. The van der Waals surface area contributed by atoms with E-state index >= 15 is 0 Å². The number of hydrogen-bond acceptors (Lipinski definition) is 3. The van der Waals surface area contributed by atoms with Gasteiger partial charge in [-0.3, -0.25) is 4.90 Å². The summed E-state index contributed by atoms with van der Waals surface area (Å²) < 4.78 is 5.77. The van der Waals surface area contributed by atoms with Crippen molar-refractivity contribution in [2.45, 2.75) is 39.9 Å². The quantitative estimate of drug-likeness (QED) is 0.807. The Hall–Kier alpha value is -0.800. The summed E-state index contributed by atoms with van der Waals surface area (Å²) in [6.45, 7) is 8.14. The lowest BCUT2D eigenvalue weighted by atomic mass is 10.2. The van der Waals surface area contributed by atoms with Gasteiger partial charge in [-0.25, -0.2) is 0 Å². The van der Waals surface area contributed by atoms with Crippen LogP contribution >= 0.6 is 0 Å². The van der Waals surface area contributed by atoms with Crippen molar-refractivity contribution < 1.29 is 4.42 Å². The van der Waals surface area contributed by atoms with Gasteiger partial charge in [0.05, 0.1) is 13.1 Å². The van der Waals surface area contributed by atoms with Crippen molar-refractivity contribution in [3.8, 4) is 0 Å². The molecule has 0 aromatic carbocycles. The molecule has 0 saturated heterocycles. The fourth-order valence-electron chi connectivity index (χ4n) is 1.43. The number of hydrogen-bond donors (Lipinski definition) is 1. The van der Waals surface area contributed by atoms with Crippen LogP contribution in [0.5, 0.6) is 0 Å². The zero-order valence-corrected chi connectivity index (χ0v) is 10.4. The summed E-state index contributed by atoms with van der Waals surface area (Å²) in [7, 11) is 4.04. The van der Waals surface area contributed by atoms with Gasteiger partial charge in [-0.1, -0.05) is 0 Å². The Morgan fingerprint density at radius 2 is 2.13 bits per heavy atom. The van der Waals surface area contributed by atoms with Crippen molar-refractivity contribution in [1.82, 2.24) is 10.2 Å². The molecule has 0 radical (unpaired) electrons. The third-order valence-corrected chi connectivity index (χ3v) is 2.70. The summed E-state index contributed by atoms with van der Waals surface area (Å²) in [5.41, 5.74) is 1.23. The fourth-order valence-corrected chi connectivity index (χ4v) is 1.43. The Kier molecular flexibility index (Phi) is 4.36. The maximum Gasteiger partial charge on any atom is 0.120 e. The molecule has 1 aromatic rings. The molecule has 15 heavy (non-hydrogen) atoms. The molecule has 0 amide bonds. The zero-order valence-electron chi connectivity index (χ0n) is 10.4. The van der Waals surface area contributed by atoms with Gasteiger partial charge in [0, 0.05) is 6.04 Å². The predicted molar refractivity (Wildman–Crippen MR) is 62.8 cm³/mol. The van der Waals surface area contributed by atoms with E-state index in [2.05, 4.69) is 44.1 Å². The Bertz CT molecular complexity index is 305. The van der Waals surface area contributed by atoms with Crippen LogP contribution in [0.2, 0.25) is 0 Å². The maximum absolute atomic E-state index is 5.77. The molecule has 0 saturated carbocycles. The van der Waals surface area contributed by atoms with Crippen LogP contribution in [0.3, 0.4) is 0 Å². The van der Waals surface area contributed by atoms with Gasteiger partial charge in [-0.15, -0.1) is 0 Å². The normalized spacial score (nSPS) is 11.7. The first-order chi connectivity index (χ1) is 7.04. The van der Waals surface area contributed by atoms with E-state index in [1.807, 2.05) is 7.05 Å². The van der Waals surface area contributed by atoms with Gasteiger partial charge in [0.2, 0.25) is 0 Å². The summed E-state index contributed by atoms with van der Waals surface area (Å²) in [4.78, 5) is 2.27. The highest BCUT2D eigenvalue weighted by atomic mass is 16.3. The molecular weight excluding hydrogens is 188 g/mol. The lowest BCUT2D eigenvalue weighted by molar-refractivity contribution is 0.241. The smallest absolute Gasteiger partial charge is 0.120 e. The molecule has 1 heterocycles. The second-order valence-corrected chi connectivity index (χ2v) is 4.36. The van der Waals surface area contributed by atoms with Crippen molar-refractivity contribution >= 4 is 0 Å². The molecule has 1 N–H and O–H groups in total. The monoisotopic (exact) mass is 210 g/mol. The Labute approximate surface area is 92.5 Å². The minimum Gasteiger partial charge on any atom is -0.463 e. The van der Waals surface area contributed by atoms with Gasteiger partial charge >= 0.3 is 0 Å². The highest BCUT2D eigenvalue weighted by Gasteiger charge is 2.10. The van der Waals surface area contributed by atoms with Crippen LogP contribution in [-0.2, 0) is 13.1 Å². The van der Waals surface area contributed by atoms with Crippen LogP contribution in [-0.4, -0.2) is 25.0 Å². The molecule has 3 heteroatoms. The number of aryl methyl sites for hydroxylation is 1. The molecule has 0 unspecified atom stereocenters. The van der Waals surface area contributed by atoms with E-state index in [1.54, 1.807) is 0 Å². The molecule has 0 bridgehead atoms. The van der Waals surface area contributed by atoms with E-state index in [4.69, 9.17) is 4.42 Å². The van der Waals surface area contributed by atoms with E-state index in [0.717, 1.165) is 24.6 Å². The molecule has 1 rings (SSSR count). The molecule has 0 atom stereocenters. The van der Waals surface area contributed by atoms with Gasteiger partial charge in [0.1, 0.15) is 11.5 Å². The second kappa shape index (κ2) is 5.33. The van der Waals surface area contributed by atoms with E-state index in [0.29, 0.717) is 6.04 Å².